The molecule has 0 aliphatic rings. The van der Waals surface area contributed by atoms with Crippen molar-refractivity contribution in [1.82, 2.24) is 0 Å². The topological polar surface area (TPSA) is 26.0 Å². The number of benzene rings is 1. The average Bonchev–Trinajstić information content (AvgIpc) is 1.77. The van der Waals surface area contributed by atoms with Gasteiger partial charge in [0.05, 0.1) is 0 Å². The van der Waals surface area contributed by atoms with Crippen molar-refractivity contribution in [3.05, 3.63) is 29.3 Å². The summed E-state index contributed by atoms with van der Waals surface area (Å²) in [5.74, 6) is 0. The van der Waals surface area contributed by atoms with Crippen LogP contribution in [-0.2, 0) is 27.7 Å². The molecule has 44 valence electrons. The van der Waals surface area contributed by atoms with Gasteiger partial charge in [-0.3, -0.25) is 0 Å². The standard InChI is InChI=1S/C6H6ClN.Hg/c7-5-1-3-6(8)4-2-5;/h1-4H,8H2;. The summed E-state index contributed by atoms with van der Waals surface area (Å²) >= 11 is 5.56. The molecular weight excluding hydrogens is 322 g/mol. The van der Waals surface area contributed by atoms with Gasteiger partial charge in [0.25, 0.3) is 0 Å². The zero-order chi connectivity index (χ0) is 5.98. The van der Waals surface area contributed by atoms with Crippen molar-refractivity contribution in [3.8, 4) is 0 Å². The fourth-order valence-corrected chi connectivity index (χ4v) is 0.589. The Kier molecular flexibility index (Phi) is 4.24. The van der Waals surface area contributed by atoms with Crippen LogP contribution >= 0.6 is 11.6 Å². The molecule has 0 radical (unpaired) electrons. The Morgan fingerprint density at radius 3 is 1.89 bits per heavy atom. The van der Waals surface area contributed by atoms with Crippen molar-refractivity contribution in [2.75, 3.05) is 5.73 Å². The van der Waals surface area contributed by atoms with Crippen molar-refractivity contribution >= 4 is 17.3 Å². The number of halogens is 1. The van der Waals surface area contributed by atoms with Crippen LogP contribution in [0.4, 0.5) is 5.69 Å². The number of rotatable bonds is 0. The van der Waals surface area contributed by atoms with Gasteiger partial charge in [-0.25, -0.2) is 0 Å². The Labute approximate surface area is 79.7 Å². The number of anilines is 1. The first-order valence-electron chi connectivity index (χ1n) is 2.30. The second-order valence-corrected chi connectivity index (χ2v) is 1.99. The van der Waals surface area contributed by atoms with Gasteiger partial charge < -0.3 is 5.73 Å². The van der Waals surface area contributed by atoms with Crippen LogP contribution in [0, 0.1) is 0 Å². The molecule has 2 N–H and O–H groups in total. The third-order valence-electron chi connectivity index (χ3n) is 0.870. The van der Waals surface area contributed by atoms with Crippen LogP contribution < -0.4 is 5.73 Å². The number of hydrogen-bond donors (Lipinski definition) is 1. The molecule has 0 amide bonds. The van der Waals surface area contributed by atoms with Crippen molar-refractivity contribution in [2.24, 2.45) is 0 Å². The maximum atomic E-state index is 5.56. The SMILES string of the molecule is Nc1ccc(Cl)cc1.[Hg]. The summed E-state index contributed by atoms with van der Waals surface area (Å²) in [6.07, 6.45) is 0. The van der Waals surface area contributed by atoms with Gasteiger partial charge in [-0.2, -0.15) is 0 Å². The Morgan fingerprint density at radius 2 is 1.56 bits per heavy atom. The predicted molar refractivity (Wildman–Crippen MR) is 35.9 cm³/mol. The smallest absolute Gasteiger partial charge is 0.0407 e. The molecule has 9 heavy (non-hydrogen) atoms. The van der Waals surface area contributed by atoms with Gasteiger partial charge in [0.2, 0.25) is 0 Å². The minimum atomic E-state index is 0. The number of hydrogen-bond acceptors (Lipinski definition) is 1. The van der Waals surface area contributed by atoms with Crippen LogP contribution in [0.15, 0.2) is 24.3 Å². The van der Waals surface area contributed by atoms with E-state index in [1.54, 1.807) is 24.3 Å². The normalized spacial score (nSPS) is 8.11. The number of nitrogens with two attached hydrogens (primary N) is 1. The van der Waals surface area contributed by atoms with Crippen LogP contribution in [0.5, 0.6) is 0 Å². The average molecular weight is 328 g/mol. The van der Waals surface area contributed by atoms with Crippen LogP contribution in [0.2, 0.25) is 5.02 Å². The molecule has 1 aromatic rings. The summed E-state index contributed by atoms with van der Waals surface area (Å²) in [6.45, 7) is 0. The number of nitrogen functional groups attached to an aromatic ring is 1. The van der Waals surface area contributed by atoms with Gasteiger partial charge in [0, 0.05) is 38.4 Å². The van der Waals surface area contributed by atoms with E-state index in [2.05, 4.69) is 0 Å². The fourth-order valence-electron chi connectivity index (χ4n) is 0.463. The van der Waals surface area contributed by atoms with Crippen molar-refractivity contribution in [3.63, 3.8) is 0 Å². The van der Waals surface area contributed by atoms with Gasteiger partial charge in [-0.05, 0) is 24.3 Å². The molecule has 1 rings (SSSR count). The Bertz CT molecular complexity index is 152. The minimum Gasteiger partial charge on any atom is -0.399 e. The van der Waals surface area contributed by atoms with Crippen molar-refractivity contribution < 1.29 is 27.7 Å². The maximum Gasteiger partial charge on any atom is 0.0407 e. The molecule has 0 aromatic heterocycles. The summed E-state index contributed by atoms with van der Waals surface area (Å²) < 4.78 is 0. The molecular formula is C6H6ClHgN. The van der Waals surface area contributed by atoms with Gasteiger partial charge in [-0.1, -0.05) is 11.6 Å². The molecule has 0 atom stereocenters. The first kappa shape index (κ1) is 9.25. The molecule has 0 heterocycles. The molecule has 3 heteroatoms. The van der Waals surface area contributed by atoms with Crippen molar-refractivity contribution in [1.29, 1.82) is 0 Å². The molecule has 0 aliphatic carbocycles. The van der Waals surface area contributed by atoms with E-state index < -0.39 is 0 Å². The van der Waals surface area contributed by atoms with Crippen molar-refractivity contribution in [2.45, 2.75) is 0 Å². The van der Waals surface area contributed by atoms with E-state index in [1.807, 2.05) is 0 Å². The Morgan fingerprint density at radius 1 is 1.11 bits per heavy atom. The van der Waals surface area contributed by atoms with Crippen LogP contribution in [0.3, 0.4) is 0 Å². The predicted octanol–water partition coefficient (Wildman–Crippen LogP) is 1.92. The van der Waals surface area contributed by atoms with E-state index in [9.17, 15) is 0 Å². The third-order valence-corrected chi connectivity index (χ3v) is 1.12. The van der Waals surface area contributed by atoms with Gasteiger partial charge in [0.1, 0.15) is 0 Å². The second-order valence-electron chi connectivity index (χ2n) is 1.55. The minimum absolute atomic E-state index is 0. The summed E-state index contributed by atoms with van der Waals surface area (Å²) in [5.41, 5.74) is 6.11. The molecule has 1 nitrogen and oxygen atoms in total. The molecule has 0 aliphatic heterocycles. The van der Waals surface area contributed by atoms with Gasteiger partial charge >= 0.3 is 0 Å². The zero-order valence-electron chi connectivity index (χ0n) is 4.97. The Balaban J connectivity index is 0.000000640. The van der Waals surface area contributed by atoms with Crippen LogP contribution in [0.1, 0.15) is 0 Å². The second kappa shape index (κ2) is 4.12. The molecule has 0 saturated carbocycles. The Hall–Kier alpha value is 0.245. The zero-order valence-corrected chi connectivity index (χ0v) is 11.2. The van der Waals surface area contributed by atoms with E-state index in [0.29, 0.717) is 0 Å². The summed E-state index contributed by atoms with van der Waals surface area (Å²) in [7, 11) is 0. The molecule has 0 spiro atoms. The van der Waals surface area contributed by atoms with E-state index in [4.69, 9.17) is 17.3 Å². The van der Waals surface area contributed by atoms with Gasteiger partial charge in [0.15, 0.2) is 0 Å². The first-order valence-corrected chi connectivity index (χ1v) is 2.68. The summed E-state index contributed by atoms with van der Waals surface area (Å²) in [4.78, 5) is 0. The molecule has 0 bridgehead atoms. The molecule has 0 unspecified atom stereocenters. The maximum absolute atomic E-state index is 5.56. The quantitative estimate of drug-likeness (QED) is 0.572. The summed E-state index contributed by atoms with van der Waals surface area (Å²) in [5, 5.41) is 0.721. The van der Waals surface area contributed by atoms with E-state index in [0.717, 1.165) is 10.7 Å². The van der Waals surface area contributed by atoms with E-state index in [1.165, 1.54) is 0 Å². The van der Waals surface area contributed by atoms with Crippen LogP contribution in [0.25, 0.3) is 0 Å². The largest absolute Gasteiger partial charge is 0.399 e. The molecule has 1 aromatic carbocycles. The fraction of sp³-hybridized carbons (Fsp3) is 0. The monoisotopic (exact) mass is 329 g/mol. The third kappa shape index (κ3) is 3.06. The molecule has 0 saturated heterocycles. The molecule has 0 fully saturated rings. The van der Waals surface area contributed by atoms with E-state index >= 15 is 0 Å². The van der Waals surface area contributed by atoms with Crippen LogP contribution in [-0.4, -0.2) is 0 Å². The first-order chi connectivity index (χ1) is 3.79. The van der Waals surface area contributed by atoms with E-state index in [-0.39, 0.29) is 27.7 Å². The van der Waals surface area contributed by atoms with Gasteiger partial charge in [-0.15, -0.1) is 0 Å². The summed E-state index contributed by atoms with van der Waals surface area (Å²) in [6, 6.07) is 7.05.